The molecule has 0 atom stereocenters. The molecule has 1 aromatic rings. The summed E-state index contributed by atoms with van der Waals surface area (Å²) in [4.78, 5) is 23.7. The van der Waals surface area contributed by atoms with Crippen molar-refractivity contribution in [1.82, 2.24) is 10.4 Å². The fourth-order valence-corrected chi connectivity index (χ4v) is 0.748. The molecule has 0 saturated heterocycles. The maximum absolute atomic E-state index is 10.8. The van der Waals surface area contributed by atoms with E-state index < -0.39 is 5.91 Å². The van der Waals surface area contributed by atoms with E-state index in [4.69, 9.17) is 5.84 Å². The van der Waals surface area contributed by atoms with Crippen LogP contribution >= 0.6 is 0 Å². The topological polar surface area (TPSA) is 88.0 Å². The zero-order chi connectivity index (χ0) is 8.27. The first kappa shape index (κ1) is 7.49. The molecule has 1 heterocycles. The van der Waals surface area contributed by atoms with Crippen LogP contribution in [0.5, 0.6) is 0 Å². The van der Waals surface area contributed by atoms with Crippen LogP contribution in [0.2, 0.25) is 0 Å². The predicted molar refractivity (Wildman–Crippen MR) is 37.8 cm³/mol. The Morgan fingerprint density at radius 3 is 3.00 bits per heavy atom. The zero-order valence-electron chi connectivity index (χ0n) is 5.63. The van der Waals surface area contributed by atoms with Gasteiger partial charge in [0.1, 0.15) is 5.69 Å². The van der Waals surface area contributed by atoms with Crippen LogP contribution < -0.4 is 11.3 Å². The number of aromatic nitrogens is 1. The molecule has 5 heteroatoms. The number of amides is 1. The van der Waals surface area contributed by atoms with E-state index in [1.807, 2.05) is 5.43 Å². The van der Waals surface area contributed by atoms with Gasteiger partial charge in [-0.1, -0.05) is 0 Å². The first-order valence-electron chi connectivity index (χ1n) is 2.93. The number of aromatic amines is 1. The van der Waals surface area contributed by atoms with E-state index in [0.29, 0.717) is 11.8 Å². The number of carbonyl (C=O) groups is 2. The average molecular weight is 153 g/mol. The molecule has 1 amide bonds. The van der Waals surface area contributed by atoms with E-state index in [2.05, 4.69) is 4.98 Å². The van der Waals surface area contributed by atoms with Crippen LogP contribution in [0.3, 0.4) is 0 Å². The molecule has 0 bridgehead atoms. The monoisotopic (exact) mass is 153 g/mol. The summed E-state index contributed by atoms with van der Waals surface area (Å²) in [5.41, 5.74) is 2.39. The minimum absolute atomic E-state index is 0.183. The van der Waals surface area contributed by atoms with E-state index in [1.54, 1.807) is 0 Å². The van der Waals surface area contributed by atoms with Gasteiger partial charge in [0.05, 0.1) is 0 Å². The summed E-state index contributed by atoms with van der Waals surface area (Å²) in [6.07, 6.45) is 2.08. The second-order valence-corrected chi connectivity index (χ2v) is 1.90. The summed E-state index contributed by atoms with van der Waals surface area (Å²) in [7, 11) is 0. The third-order valence-electron chi connectivity index (χ3n) is 1.26. The number of carbonyl (C=O) groups excluding carboxylic acids is 2. The molecule has 0 spiro atoms. The molecule has 0 radical (unpaired) electrons. The second-order valence-electron chi connectivity index (χ2n) is 1.90. The Morgan fingerprint density at radius 2 is 2.45 bits per heavy atom. The summed E-state index contributed by atoms with van der Waals surface area (Å²) in [5.74, 6) is 4.35. The minimum Gasteiger partial charge on any atom is -0.357 e. The Kier molecular flexibility index (Phi) is 2.03. The van der Waals surface area contributed by atoms with Gasteiger partial charge in [-0.05, 0) is 6.07 Å². The van der Waals surface area contributed by atoms with Crippen LogP contribution in [0.15, 0.2) is 12.3 Å². The highest BCUT2D eigenvalue weighted by Gasteiger charge is 2.09. The summed E-state index contributed by atoms with van der Waals surface area (Å²) >= 11 is 0. The lowest BCUT2D eigenvalue weighted by Gasteiger charge is -1.95. The van der Waals surface area contributed by atoms with Crippen molar-refractivity contribution in [3.8, 4) is 0 Å². The molecular formula is C6H7N3O2. The van der Waals surface area contributed by atoms with Crippen molar-refractivity contribution in [2.24, 2.45) is 5.84 Å². The number of nitrogens with one attached hydrogen (secondary N) is 2. The molecular weight excluding hydrogens is 146 g/mol. The highest BCUT2D eigenvalue weighted by Crippen LogP contribution is 2.01. The second kappa shape index (κ2) is 2.98. The van der Waals surface area contributed by atoms with Crippen LogP contribution in [0.25, 0.3) is 0 Å². The molecule has 1 aromatic heterocycles. The van der Waals surface area contributed by atoms with Crippen molar-refractivity contribution in [2.45, 2.75) is 0 Å². The van der Waals surface area contributed by atoms with Gasteiger partial charge in [0.2, 0.25) is 0 Å². The smallest absolute Gasteiger partial charge is 0.282 e. The number of nitrogens with two attached hydrogens (primary N) is 1. The van der Waals surface area contributed by atoms with Crippen LogP contribution in [0, 0.1) is 0 Å². The number of hydrogen-bond donors (Lipinski definition) is 3. The van der Waals surface area contributed by atoms with E-state index in [-0.39, 0.29) is 5.69 Å². The lowest BCUT2D eigenvalue weighted by atomic mass is 10.2. The molecule has 0 saturated carbocycles. The van der Waals surface area contributed by atoms with Crippen LogP contribution in [-0.2, 0) is 0 Å². The maximum Gasteiger partial charge on any atom is 0.282 e. The van der Waals surface area contributed by atoms with Crippen molar-refractivity contribution >= 4 is 12.2 Å². The number of rotatable bonds is 2. The van der Waals surface area contributed by atoms with E-state index in [1.165, 1.54) is 12.3 Å². The first-order valence-corrected chi connectivity index (χ1v) is 2.93. The average Bonchev–Trinajstić information content (AvgIpc) is 2.50. The normalized spacial score (nSPS) is 9.18. The third kappa shape index (κ3) is 1.27. The lowest BCUT2D eigenvalue weighted by Crippen LogP contribution is -2.30. The van der Waals surface area contributed by atoms with Gasteiger partial charge < -0.3 is 4.98 Å². The Bertz CT molecular complexity index is 279. The SMILES string of the molecule is NNC(=O)c1[nH]ccc1C=O. The van der Waals surface area contributed by atoms with Crippen LogP contribution in [0.4, 0.5) is 0 Å². The molecule has 0 aliphatic rings. The predicted octanol–water partition coefficient (Wildman–Crippen LogP) is -0.569. The van der Waals surface area contributed by atoms with Crippen LogP contribution in [-0.4, -0.2) is 17.2 Å². The Morgan fingerprint density at radius 1 is 1.73 bits per heavy atom. The molecule has 0 aliphatic carbocycles. The van der Waals surface area contributed by atoms with Crippen LogP contribution in [0.1, 0.15) is 20.8 Å². The summed E-state index contributed by atoms with van der Waals surface area (Å²) in [6.45, 7) is 0. The van der Waals surface area contributed by atoms with E-state index in [9.17, 15) is 9.59 Å². The van der Waals surface area contributed by atoms with Crippen molar-refractivity contribution in [3.63, 3.8) is 0 Å². The van der Waals surface area contributed by atoms with Gasteiger partial charge in [0, 0.05) is 11.8 Å². The minimum atomic E-state index is -0.503. The Hall–Kier alpha value is -1.62. The number of H-pyrrole nitrogens is 1. The van der Waals surface area contributed by atoms with E-state index in [0.717, 1.165) is 0 Å². The van der Waals surface area contributed by atoms with Gasteiger partial charge in [-0.15, -0.1) is 0 Å². The summed E-state index contributed by atoms with van der Waals surface area (Å²) in [6, 6.07) is 1.50. The molecule has 1 rings (SSSR count). The molecule has 0 aliphatic heterocycles. The largest absolute Gasteiger partial charge is 0.357 e. The lowest BCUT2D eigenvalue weighted by molar-refractivity contribution is 0.0944. The van der Waals surface area contributed by atoms with Gasteiger partial charge >= 0.3 is 0 Å². The van der Waals surface area contributed by atoms with Gasteiger partial charge in [-0.25, -0.2) is 5.84 Å². The molecule has 5 nitrogen and oxygen atoms in total. The number of hydrazine groups is 1. The molecule has 4 N–H and O–H groups in total. The first-order chi connectivity index (χ1) is 5.29. The molecule has 0 fully saturated rings. The quantitative estimate of drug-likeness (QED) is 0.230. The number of aldehydes is 1. The summed E-state index contributed by atoms with van der Waals surface area (Å²) in [5, 5.41) is 0. The number of hydrogen-bond acceptors (Lipinski definition) is 3. The van der Waals surface area contributed by atoms with Crippen molar-refractivity contribution in [2.75, 3.05) is 0 Å². The fraction of sp³-hybridized carbons (Fsp3) is 0. The van der Waals surface area contributed by atoms with Gasteiger partial charge in [0.15, 0.2) is 6.29 Å². The molecule has 58 valence electrons. The Balaban J connectivity index is 3.01. The molecule has 0 unspecified atom stereocenters. The highest BCUT2D eigenvalue weighted by atomic mass is 16.2. The fourth-order valence-electron chi connectivity index (χ4n) is 0.748. The van der Waals surface area contributed by atoms with Gasteiger partial charge in [-0.2, -0.15) is 0 Å². The van der Waals surface area contributed by atoms with Crippen molar-refractivity contribution in [3.05, 3.63) is 23.5 Å². The standard InChI is InChI=1S/C6H7N3O2/c7-9-6(11)5-4(3-10)1-2-8-5/h1-3,8H,7H2,(H,9,11). The Labute approximate surface area is 62.6 Å². The van der Waals surface area contributed by atoms with Crippen molar-refractivity contribution < 1.29 is 9.59 Å². The van der Waals surface area contributed by atoms with Gasteiger partial charge in [0.25, 0.3) is 5.91 Å². The van der Waals surface area contributed by atoms with Gasteiger partial charge in [-0.3, -0.25) is 15.0 Å². The zero-order valence-corrected chi connectivity index (χ0v) is 5.63. The molecule has 0 aromatic carbocycles. The third-order valence-corrected chi connectivity index (χ3v) is 1.26. The van der Waals surface area contributed by atoms with Crippen molar-refractivity contribution in [1.29, 1.82) is 0 Å². The molecule has 11 heavy (non-hydrogen) atoms. The summed E-state index contributed by atoms with van der Waals surface area (Å²) < 4.78 is 0. The highest BCUT2D eigenvalue weighted by molar-refractivity contribution is 5.99. The number of nitrogen functional groups attached to an aromatic ring is 1. The van der Waals surface area contributed by atoms with E-state index >= 15 is 0 Å². The maximum atomic E-state index is 10.8.